The van der Waals surface area contributed by atoms with Crippen molar-refractivity contribution in [2.45, 2.75) is 33.7 Å². The summed E-state index contributed by atoms with van der Waals surface area (Å²) in [5.74, 6) is -0.767. The molecule has 0 spiro atoms. The number of urea groups is 1. The van der Waals surface area contributed by atoms with Gasteiger partial charge in [-0.3, -0.25) is 19.8 Å². The first-order valence-corrected chi connectivity index (χ1v) is 11.1. The molecule has 0 saturated carbocycles. The minimum absolute atomic E-state index is 0.0520. The standard InChI is InChI=1S/C24H28FN5O3/c1-14(2)20-22(31)27-24(33)30(20)17-5-6-18(19(25)12-17)23(32)29-9-7-28(8-10-29)21-16(4)11-15(3)13-26-21/h5-6,11-14,20H,7-10H2,1-4H3,(H,27,31,33). The van der Waals surface area contributed by atoms with Gasteiger partial charge in [0.15, 0.2) is 0 Å². The summed E-state index contributed by atoms with van der Waals surface area (Å²) in [5, 5.41) is 2.27. The molecule has 1 atom stereocenters. The highest BCUT2D eigenvalue weighted by Crippen LogP contribution is 2.28. The fourth-order valence-electron chi connectivity index (χ4n) is 4.52. The zero-order valence-electron chi connectivity index (χ0n) is 19.3. The van der Waals surface area contributed by atoms with Crippen LogP contribution in [0.5, 0.6) is 0 Å². The van der Waals surface area contributed by atoms with Crippen LogP contribution in [-0.4, -0.2) is 60.0 Å². The monoisotopic (exact) mass is 453 g/mol. The molecule has 4 amide bonds. The molecule has 2 fully saturated rings. The Morgan fingerprint density at radius 1 is 1.12 bits per heavy atom. The van der Waals surface area contributed by atoms with Gasteiger partial charge in [0.05, 0.1) is 5.56 Å². The first kappa shape index (κ1) is 22.7. The fourth-order valence-corrected chi connectivity index (χ4v) is 4.52. The SMILES string of the molecule is Cc1cnc(N2CCN(C(=O)c3ccc(N4C(=O)NC(=O)C4C(C)C)cc3F)CC2)c(C)c1. The lowest BCUT2D eigenvalue weighted by atomic mass is 10.0. The summed E-state index contributed by atoms with van der Waals surface area (Å²) in [6.07, 6.45) is 1.83. The molecule has 0 aliphatic carbocycles. The Kier molecular flexibility index (Phi) is 6.05. The number of carbonyl (C=O) groups excluding carboxylic acids is 3. The summed E-state index contributed by atoms with van der Waals surface area (Å²) < 4.78 is 15.0. The van der Waals surface area contributed by atoms with Crippen LogP contribution in [0.15, 0.2) is 30.5 Å². The molecule has 1 unspecified atom stereocenters. The maximum Gasteiger partial charge on any atom is 0.329 e. The summed E-state index contributed by atoms with van der Waals surface area (Å²) >= 11 is 0. The minimum atomic E-state index is -0.717. The predicted octanol–water partition coefficient (Wildman–Crippen LogP) is 2.88. The molecular weight excluding hydrogens is 425 g/mol. The average molecular weight is 454 g/mol. The van der Waals surface area contributed by atoms with E-state index in [1.807, 2.05) is 33.9 Å². The summed E-state index contributed by atoms with van der Waals surface area (Å²) in [7, 11) is 0. The number of amides is 4. The number of nitrogens with one attached hydrogen (secondary N) is 1. The molecule has 2 aromatic rings. The summed E-state index contributed by atoms with van der Waals surface area (Å²) in [6.45, 7) is 9.76. The molecule has 2 aliphatic heterocycles. The third kappa shape index (κ3) is 4.27. The van der Waals surface area contributed by atoms with Crippen molar-refractivity contribution < 1.29 is 18.8 Å². The smallest absolute Gasteiger partial charge is 0.329 e. The van der Waals surface area contributed by atoms with Gasteiger partial charge in [-0.25, -0.2) is 14.2 Å². The number of pyridine rings is 1. The number of carbonyl (C=O) groups is 3. The molecule has 1 aromatic carbocycles. The van der Waals surface area contributed by atoms with Crippen LogP contribution < -0.4 is 15.1 Å². The van der Waals surface area contributed by atoms with E-state index in [2.05, 4.69) is 21.3 Å². The third-order valence-corrected chi connectivity index (χ3v) is 6.14. The van der Waals surface area contributed by atoms with Crippen LogP contribution in [0.1, 0.15) is 35.3 Å². The number of benzene rings is 1. The summed E-state index contributed by atoms with van der Waals surface area (Å²) in [5.41, 5.74) is 2.38. The first-order valence-electron chi connectivity index (χ1n) is 11.1. The second-order valence-electron chi connectivity index (χ2n) is 8.95. The zero-order chi connectivity index (χ0) is 23.9. The lowest BCUT2D eigenvalue weighted by molar-refractivity contribution is -0.120. The van der Waals surface area contributed by atoms with Crippen molar-refractivity contribution in [1.82, 2.24) is 15.2 Å². The molecule has 9 heteroatoms. The van der Waals surface area contributed by atoms with Gasteiger partial charge in [0, 0.05) is 38.1 Å². The molecule has 3 heterocycles. The van der Waals surface area contributed by atoms with Gasteiger partial charge < -0.3 is 9.80 Å². The number of halogens is 1. The number of anilines is 2. The number of aromatic nitrogens is 1. The van der Waals surface area contributed by atoms with Crippen molar-refractivity contribution in [2.75, 3.05) is 36.0 Å². The van der Waals surface area contributed by atoms with Gasteiger partial charge in [-0.15, -0.1) is 0 Å². The Bertz CT molecular complexity index is 1110. The van der Waals surface area contributed by atoms with E-state index in [9.17, 15) is 18.8 Å². The van der Waals surface area contributed by atoms with Crippen LogP contribution in [0.25, 0.3) is 0 Å². The molecule has 174 valence electrons. The van der Waals surface area contributed by atoms with Gasteiger partial charge in [-0.05, 0) is 49.1 Å². The molecule has 8 nitrogen and oxygen atoms in total. The van der Waals surface area contributed by atoms with E-state index in [4.69, 9.17) is 0 Å². The molecule has 0 bridgehead atoms. The quantitative estimate of drug-likeness (QED) is 0.720. The van der Waals surface area contributed by atoms with Gasteiger partial charge in [0.2, 0.25) is 0 Å². The van der Waals surface area contributed by atoms with Gasteiger partial charge in [0.1, 0.15) is 17.7 Å². The molecule has 1 N–H and O–H groups in total. The maximum absolute atomic E-state index is 15.0. The lowest BCUT2D eigenvalue weighted by Gasteiger charge is -2.36. The average Bonchev–Trinajstić information content (AvgIpc) is 3.07. The molecule has 33 heavy (non-hydrogen) atoms. The Labute approximate surface area is 192 Å². The van der Waals surface area contributed by atoms with Crippen LogP contribution in [0.4, 0.5) is 20.7 Å². The first-order chi connectivity index (χ1) is 15.7. The second kappa shape index (κ2) is 8.80. The molecule has 0 radical (unpaired) electrons. The normalized spacial score (nSPS) is 18.8. The molecule has 2 saturated heterocycles. The fraction of sp³-hybridized carbons (Fsp3) is 0.417. The minimum Gasteiger partial charge on any atom is -0.353 e. The largest absolute Gasteiger partial charge is 0.353 e. The number of aryl methyl sites for hydroxylation is 2. The highest BCUT2D eigenvalue weighted by molar-refractivity contribution is 6.14. The van der Waals surface area contributed by atoms with Crippen molar-refractivity contribution in [3.8, 4) is 0 Å². The van der Waals surface area contributed by atoms with E-state index in [1.165, 1.54) is 17.0 Å². The van der Waals surface area contributed by atoms with Gasteiger partial charge in [0.25, 0.3) is 11.8 Å². The van der Waals surface area contributed by atoms with Crippen LogP contribution in [0, 0.1) is 25.6 Å². The number of rotatable bonds is 4. The van der Waals surface area contributed by atoms with Crippen LogP contribution in [-0.2, 0) is 4.79 Å². The van der Waals surface area contributed by atoms with Crippen molar-refractivity contribution in [2.24, 2.45) is 5.92 Å². The van der Waals surface area contributed by atoms with E-state index in [-0.39, 0.29) is 17.2 Å². The topological polar surface area (TPSA) is 85.8 Å². The summed E-state index contributed by atoms with van der Waals surface area (Å²) in [6, 6.07) is 4.82. The van der Waals surface area contributed by atoms with Crippen LogP contribution in [0.2, 0.25) is 0 Å². The molecule has 1 aromatic heterocycles. The number of hydrogen-bond acceptors (Lipinski definition) is 5. The number of hydrogen-bond donors (Lipinski definition) is 1. The van der Waals surface area contributed by atoms with Crippen LogP contribution >= 0.6 is 0 Å². The van der Waals surface area contributed by atoms with Crippen molar-refractivity contribution in [3.05, 3.63) is 53.0 Å². The van der Waals surface area contributed by atoms with Gasteiger partial charge in [-0.2, -0.15) is 0 Å². The number of imide groups is 1. The van der Waals surface area contributed by atoms with E-state index in [0.29, 0.717) is 26.2 Å². The lowest BCUT2D eigenvalue weighted by Crippen LogP contribution is -2.49. The highest BCUT2D eigenvalue weighted by atomic mass is 19.1. The Hall–Kier alpha value is -3.49. The Morgan fingerprint density at radius 3 is 2.42 bits per heavy atom. The maximum atomic E-state index is 15.0. The molecular formula is C24H28FN5O3. The van der Waals surface area contributed by atoms with Gasteiger partial charge >= 0.3 is 6.03 Å². The van der Waals surface area contributed by atoms with Crippen molar-refractivity contribution in [1.29, 1.82) is 0 Å². The van der Waals surface area contributed by atoms with E-state index in [1.54, 1.807) is 4.90 Å². The highest BCUT2D eigenvalue weighted by Gasteiger charge is 2.41. The van der Waals surface area contributed by atoms with E-state index >= 15 is 0 Å². The predicted molar refractivity (Wildman–Crippen MR) is 123 cm³/mol. The van der Waals surface area contributed by atoms with E-state index in [0.717, 1.165) is 23.0 Å². The molecule has 4 rings (SSSR count). The second-order valence-corrected chi connectivity index (χ2v) is 8.95. The number of piperazine rings is 1. The Balaban J connectivity index is 1.47. The third-order valence-electron chi connectivity index (χ3n) is 6.14. The van der Waals surface area contributed by atoms with Gasteiger partial charge in [-0.1, -0.05) is 19.9 Å². The number of nitrogens with zero attached hydrogens (tertiary/aromatic N) is 4. The van der Waals surface area contributed by atoms with Crippen molar-refractivity contribution in [3.63, 3.8) is 0 Å². The van der Waals surface area contributed by atoms with E-state index < -0.39 is 29.7 Å². The zero-order valence-corrected chi connectivity index (χ0v) is 19.3. The van der Waals surface area contributed by atoms with Crippen molar-refractivity contribution >= 4 is 29.4 Å². The Morgan fingerprint density at radius 2 is 1.82 bits per heavy atom. The molecule has 2 aliphatic rings. The van der Waals surface area contributed by atoms with Crippen LogP contribution in [0.3, 0.4) is 0 Å². The summed E-state index contributed by atoms with van der Waals surface area (Å²) in [4.78, 5) is 46.9.